The summed E-state index contributed by atoms with van der Waals surface area (Å²) in [5.41, 5.74) is 0.824. The molecule has 0 unspecified atom stereocenters. The molecule has 0 bridgehead atoms. The van der Waals surface area contributed by atoms with Crippen molar-refractivity contribution in [2.24, 2.45) is 5.92 Å². The molecule has 2 rings (SSSR count). The van der Waals surface area contributed by atoms with Gasteiger partial charge in [-0.25, -0.2) is 17.2 Å². The first-order chi connectivity index (χ1) is 16.4. The number of carbonyl (C=O) groups excluding carboxylic acids is 2. The Hall–Kier alpha value is -3.01. The Bertz CT molecular complexity index is 1110. The van der Waals surface area contributed by atoms with E-state index in [1.807, 2.05) is 44.2 Å². The Labute approximate surface area is 206 Å². The van der Waals surface area contributed by atoms with Crippen molar-refractivity contribution in [3.05, 3.63) is 65.7 Å². The fraction of sp³-hybridized carbons (Fsp3) is 0.440. The van der Waals surface area contributed by atoms with E-state index in [0.717, 1.165) is 28.3 Å². The fourth-order valence-electron chi connectivity index (χ4n) is 3.46. The smallest absolute Gasteiger partial charge is 0.242 e. The van der Waals surface area contributed by atoms with E-state index in [0.29, 0.717) is 6.54 Å². The molecule has 192 valence electrons. The van der Waals surface area contributed by atoms with Crippen LogP contribution in [0.15, 0.2) is 48.5 Å². The fourth-order valence-corrected chi connectivity index (χ4v) is 4.42. The molecule has 0 saturated carbocycles. The molecule has 1 N–H and O–H groups in total. The second-order valence-corrected chi connectivity index (χ2v) is 10.8. The highest BCUT2D eigenvalue weighted by molar-refractivity contribution is 7.92. The molecule has 0 saturated heterocycles. The van der Waals surface area contributed by atoms with Gasteiger partial charge in [-0.15, -0.1) is 0 Å². The average Bonchev–Trinajstić information content (AvgIpc) is 2.80. The van der Waals surface area contributed by atoms with Crippen LogP contribution >= 0.6 is 0 Å². The molecule has 1 atom stereocenters. The van der Waals surface area contributed by atoms with Crippen LogP contribution in [0.25, 0.3) is 0 Å². The minimum absolute atomic E-state index is 0.0265. The van der Waals surface area contributed by atoms with Gasteiger partial charge in [0.1, 0.15) is 6.04 Å². The highest BCUT2D eigenvalue weighted by atomic mass is 32.2. The number of anilines is 1. The molecule has 2 aromatic rings. The third-order valence-electron chi connectivity index (χ3n) is 5.39. The lowest BCUT2D eigenvalue weighted by atomic mass is 10.1. The highest BCUT2D eigenvalue weighted by Gasteiger charge is 2.27. The van der Waals surface area contributed by atoms with Gasteiger partial charge in [0.15, 0.2) is 11.6 Å². The van der Waals surface area contributed by atoms with Crippen molar-refractivity contribution in [2.45, 2.75) is 46.2 Å². The van der Waals surface area contributed by atoms with Crippen LogP contribution in [0, 0.1) is 17.6 Å². The van der Waals surface area contributed by atoms with Crippen LogP contribution in [0.5, 0.6) is 0 Å². The van der Waals surface area contributed by atoms with Crippen LogP contribution in [0.2, 0.25) is 0 Å². The minimum atomic E-state index is -3.80. The summed E-state index contributed by atoms with van der Waals surface area (Å²) in [6, 6.07) is 11.3. The normalized spacial score (nSPS) is 12.3. The van der Waals surface area contributed by atoms with Crippen molar-refractivity contribution in [1.82, 2.24) is 10.2 Å². The van der Waals surface area contributed by atoms with E-state index < -0.39 is 27.7 Å². The molecule has 2 aromatic carbocycles. The Balaban J connectivity index is 2.14. The standard InChI is InChI=1S/C25H33F2N3O4S/c1-18(2)16-28-25(32)19(3)29(17-20-9-6-5-7-10-20)24(31)11-8-14-30(35(4,33)34)21-12-13-22(26)23(27)15-21/h5-7,9-10,12-13,15,18-19H,8,11,14,16-17H2,1-4H3,(H,28,32)/t19-/m1/s1. The number of halogens is 2. The van der Waals surface area contributed by atoms with E-state index in [9.17, 15) is 26.8 Å². The van der Waals surface area contributed by atoms with E-state index in [2.05, 4.69) is 5.32 Å². The van der Waals surface area contributed by atoms with Gasteiger partial charge in [0.2, 0.25) is 21.8 Å². The lowest BCUT2D eigenvalue weighted by molar-refractivity contribution is -0.140. The zero-order valence-electron chi connectivity index (χ0n) is 20.5. The summed E-state index contributed by atoms with van der Waals surface area (Å²) in [6.45, 7) is 6.18. The molecule has 0 aliphatic rings. The number of nitrogens with zero attached hydrogens (tertiary/aromatic N) is 2. The van der Waals surface area contributed by atoms with Gasteiger partial charge in [0, 0.05) is 32.1 Å². The van der Waals surface area contributed by atoms with Crippen LogP contribution in [0.1, 0.15) is 39.2 Å². The van der Waals surface area contributed by atoms with Crippen molar-refractivity contribution in [3.63, 3.8) is 0 Å². The van der Waals surface area contributed by atoms with Crippen LogP contribution in [0.4, 0.5) is 14.5 Å². The molecule has 7 nitrogen and oxygen atoms in total. The van der Waals surface area contributed by atoms with Crippen LogP contribution < -0.4 is 9.62 Å². The minimum Gasteiger partial charge on any atom is -0.354 e. The second kappa shape index (κ2) is 12.6. The molecule has 0 spiro atoms. The number of hydrogen-bond donors (Lipinski definition) is 1. The van der Waals surface area contributed by atoms with Gasteiger partial charge < -0.3 is 10.2 Å². The van der Waals surface area contributed by atoms with Gasteiger partial charge in [0.05, 0.1) is 11.9 Å². The SMILES string of the molecule is CC(C)CNC(=O)[C@@H](C)N(Cc1ccccc1)C(=O)CCCN(c1ccc(F)c(F)c1)S(C)(=O)=O. The number of rotatable bonds is 12. The molecule has 0 aliphatic heterocycles. The number of amides is 2. The zero-order valence-corrected chi connectivity index (χ0v) is 21.3. The van der Waals surface area contributed by atoms with Gasteiger partial charge in [-0.3, -0.25) is 13.9 Å². The average molecular weight is 510 g/mol. The van der Waals surface area contributed by atoms with Crippen molar-refractivity contribution in [2.75, 3.05) is 23.7 Å². The van der Waals surface area contributed by atoms with Crippen LogP contribution in [-0.4, -0.2) is 50.5 Å². The van der Waals surface area contributed by atoms with Crippen molar-refractivity contribution >= 4 is 27.5 Å². The maximum atomic E-state index is 13.7. The summed E-state index contributed by atoms with van der Waals surface area (Å²) in [4.78, 5) is 27.3. The molecular weight excluding hydrogens is 476 g/mol. The van der Waals surface area contributed by atoms with Crippen molar-refractivity contribution in [3.8, 4) is 0 Å². The summed E-state index contributed by atoms with van der Waals surface area (Å²) in [5.74, 6) is -2.59. The summed E-state index contributed by atoms with van der Waals surface area (Å²) in [5, 5.41) is 2.84. The largest absolute Gasteiger partial charge is 0.354 e. The predicted octanol–water partition coefficient (Wildman–Crippen LogP) is 3.70. The maximum Gasteiger partial charge on any atom is 0.242 e. The molecule has 35 heavy (non-hydrogen) atoms. The van der Waals surface area contributed by atoms with Crippen molar-refractivity contribution in [1.29, 1.82) is 0 Å². The van der Waals surface area contributed by atoms with Gasteiger partial charge >= 0.3 is 0 Å². The lowest BCUT2D eigenvalue weighted by Gasteiger charge is -2.29. The predicted molar refractivity (Wildman–Crippen MR) is 132 cm³/mol. The lowest BCUT2D eigenvalue weighted by Crippen LogP contribution is -2.48. The number of hydrogen-bond acceptors (Lipinski definition) is 4. The summed E-state index contributed by atoms with van der Waals surface area (Å²) < 4.78 is 52.4. The Morgan fingerprint density at radius 3 is 2.23 bits per heavy atom. The van der Waals surface area contributed by atoms with E-state index in [4.69, 9.17) is 0 Å². The number of sulfonamides is 1. The quantitative estimate of drug-likeness (QED) is 0.473. The first-order valence-electron chi connectivity index (χ1n) is 11.4. The van der Waals surface area contributed by atoms with Crippen molar-refractivity contribution < 1.29 is 26.8 Å². The van der Waals surface area contributed by atoms with Gasteiger partial charge in [-0.2, -0.15) is 0 Å². The number of benzene rings is 2. The third-order valence-corrected chi connectivity index (χ3v) is 6.58. The topological polar surface area (TPSA) is 86.8 Å². The van der Waals surface area contributed by atoms with Crippen LogP contribution in [0.3, 0.4) is 0 Å². The van der Waals surface area contributed by atoms with Gasteiger partial charge in [0.25, 0.3) is 0 Å². The Kier molecular flexibility index (Phi) is 10.2. The van der Waals surface area contributed by atoms with E-state index in [1.54, 1.807) is 6.92 Å². The summed E-state index contributed by atoms with van der Waals surface area (Å²) in [7, 11) is -3.80. The summed E-state index contributed by atoms with van der Waals surface area (Å²) in [6.07, 6.45) is 1.04. The Morgan fingerprint density at radius 2 is 1.66 bits per heavy atom. The third kappa shape index (κ3) is 8.61. The van der Waals surface area contributed by atoms with E-state index in [-0.39, 0.29) is 49.4 Å². The van der Waals surface area contributed by atoms with Gasteiger partial charge in [-0.1, -0.05) is 44.2 Å². The molecule has 0 aromatic heterocycles. The summed E-state index contributed by atoms with van der Waals surface area (Å²) >= 11 is 0. The molecule has 10 heteroatoms. The second-order valence-electron chi connectivity index (χ2n) is 8.86. The van der Waals surface area contributed by atoms with E-state index in [1.165, 1.54) is 11.0 Å². The van der Waals surface area contributed by atoms with Gasteiger partial charge in [-0.05, 0) is 37.0 Å². The molecule has 0 radical (unpaired) electrons. The van der Waals surface area contributed by atoms with Crippen LogP contribution in [-0.2, 0) is 26.2 Å². The number of carbonyl (C=O) groups is 2. The molecule has 0 aliphatic carbocycles. The zero-order chi connectivity index (χ0) is 26.2. The first-order valence-corrected chi connectivity index (χ1v) is 13.3. The first kappa shape index (κ1) is 28.2. The molecule has 0 fully saturated rings. The molecule has 0 heterocycles. The number of nitrogens with one attached hydrogen (secondary N) is 1. The molecular formula is C25H33F2N3O4S. The maximum absolute atomic E-state index is 13.7. The molecule has 2 amide bonds. The highest BCUT2D eigenvalue weighted by Crippen LogP contribution is 2.21. The monoisotopic (exact) mass is 509 g/mol. The Morgan fingerprint density at radius 1 is 1.00 bits per heavy atom. The van der Waals surface area contributed by atoms with E-state index >= 15 is 0 Å².